The number of nitrogens with two attached hydrogens (primary N) is 1. The molecule has 1 aromatic rings. The van der Waals surface area contributed by atoms with Crippen LogP contribution in [0.25, 0.3) is 0 Å². The first kappa shape index (κ1) is 9.22. The van der Waals surface area contributed by atoms with Crippen LogP contribution in [0.2, 0.25) is 0 Å². The monoisotopic (exact) mass is 239 g/mol. The lowest BCUT2D eigenvalue weighted by Crippen LogP contribution is -2.22. The lowest BCUT2D eigenvalue weighted by atomic mass is 9.84. The van der Waals surface area contributed by atoms with Crippen LogP contribution in [0.15, 0.2) is 22.7 Å². The molecule has 1 aliphatic rings. The molecule has 0 aromatic heterocycles. The number of benzene rings is 1. The van der Waals surface area contributed by atoms with E-state index in [0.717, 1.165) is 13.0 Å². The minimum absolute atomic E-state index is 0.686. The Bertz CT molecular complexity index is 309. The van der Waals surface area contributed by atoms with Gasteiger partial charge in [0.1, 0.15) is 0 Å². The lowest BCUT2D eigenvalue weighted by Gasteiger charge is -2.24. The Morgan fingerprint density at radius 2 is 2.31 bits per heavy atom. The van der Waals surface area contributed by atoms with Crippen LogP contribution in [0.4, 0.5) is 0 Å². The van der Waals surface area contributed by atoms with E-state index < -0.39 is 0 Å². The van der Waals surface area contributed by atoms with Crippen LogP contribution in [0.3, 0.4) is 0 Å². The standard InChI is InChI=1S/C11H14BrN/c12-11-3-1-2-9-5-4-8(7-13)6-10(9)11/h1-3,8H,4-7,13H2. The second-order valence-electron chi connectivity index (χ2n) is 3.72. The number of hydrogen-bond acceptors (Lipinski definition) is 1. The second-order valence-corrected chi connectivity index (χ2v) is 4.58. The molecule has 0 fully saturated rings. The van der Waals surface area contributed by atoms with E-state index in [2.05, 4.69) is 34.1 Å². The van der Waals surface area contributed by atoms with Crippen molar-refractivity contribution >= 4 is 15.9 Å². The molecule has 70 valence electrons. The minimum Gasteiger partial charge on any atom is -0.330 e. The van der Waals surface area contributed by atoms with Crippen molar-refractivity contribution in [1.29, 1.82) is 0 Å². The van der Waals surface area contributed by atoms with Gasteiger partial charge in [0, 0.05) is 4.47 Å². The zero-order valence-electron chi connectivity index (χ0n) is 7.59. The first-order valence-electron chi connectivity index (χ1n) is 4.77. The van der Waals surface area contributed by atoms with E-state index in [9.17, 15) is 0 Å². The topological polar surface area (TPSA) is 26.0 Å². The maximum atomic E-state index is 5.70. The van der Waals surface area contributed by atoms with E-state index in [1.54, 1.807) is 0 Å². The summed E-state index contributed by atoms with van der Waals surface area (Å²) in [6, 6.07) is 6.47. The van der Waals surface area contributed by atoms with E-state index in [-0.39, 0.29) is 0 Å². The van der Waals surface area contributed by atoms with Crippen molar-refractivity contribution in [3.05, 3.63) is 33.8 Å². The summed E-state index contributed by atoms with van der Waals surface area (Å²) in [6.45, 7) is 0.820. The highest BCUT2D eigenvalue weighted by Crippen LogP contribution is 2.30. The Morgan fingerprint density at radius 3 is 3.08 bits per heavy atom. The van der Waals surface area contributed by atoms with Gasteiger partial charge in [0.15, 0.2) is 0 Å². The molecule has 0 spiro atoms. The van der Waals surface area contributed by atoms with Gasteiger partial charge >= 0.3 is 0 Å². The molecule has 1 nitrogen and oxygen atoms in total. The van der Waals surface area contributed by atoms with Crippen LogP contribution >= 0.6 is 15.9 Å². The molecule has 0 bridgehead atoms. The molecule has 2 N–H and O–H groups in total. The largest absolute Gasteiger partial charge is 0.330 e. The zero-order chi connectivity index (χ0) is 9.26. The van der Waals surface area contributed by atoms with E-state index in [4.69, 9.17) is 5.73 Å². The molecule has 0 amide bonds. The van der Waals surface area contributed by atoms with Crippen molar-refractivity contribution in [2.24, 2.45) is 11.7 Å². The number of aryl methyl sites for hydroxylation is 1. The molecule has 0 saturated heterocycles. The van der Waals surface area contributed by atoms with Crippen LogP contribution < -0.4 is 5.73 Å². The van der Waals surface area contributed by atoms with Gasteiger partial charge < -0.3 is 5.73 Å². The highest BCUT2D eigenvalue weighted by molar-refractivity contribution is 9.10. The van der Waals surface area contributed by atoms with Crippen LogP contribution in [-0.2, 0) is 12.8 Å². The lowest BCUT2D eigenvalue weighted by molar-refractivity contribution is 0.468. The van der Waals surface area contributed by atoms with Crippen LogP contribution in [0.5, 0.6) is 0 Å². The van der Waals surface area contributed by atoms with Gasteiger partial charge in [-0.2, -0.15) is 0 Å². The summed E-state index contributed by atoms with van der Waals surface area (Å²) >= 11 is 3.60. The third-order valence-electron chi connectivity index (χ3n) is 2.86. The maximum Gasteiger partial charge on any atom is 0.0210 e. The molecule has 0 heterocycles. The van der Waals surface area contributed by atoms with Crippen molar-refractivity contribution < 1.29 is 0 Å². The summed E-state index contributed by atoms with van der Waals surface area (Å²) in [6.07, 6.45) is 3.59. The number of hydrogen-bond donors (Lipinski definition) is 1. The summed E-state index contributed by atoms with van der Waals surface area (Å²) < 4.78 is 1.25. The smallest absolute Gasteiger partial charge is 0.0210 e. The molecule has 1 aliphatic carbocycles. The molecule has 2 rings (SSSR count). The number of rotatable bonds is 1. The van der Waals surface area contributed by atoms with Crippen molar-refractivity contribution in [3.8, 4) is 0 Å². The molecule has 0 radical (unpaired) electrons. The third-order valence-corrected chi connectivity index (χ3v) is 3.61. The molecule has 2 heteroatoms. The molecular formula is C11H14BrN. The number of halogens is 1. The van der Waals surface area contributed by atoms with Crippen molar-refractivity contribution in [2.45, 2.75) is 19.3 Å². The SMILES string of the molecule is NCC1CCc2cccc(Br)c2C1. The summed E-state index contributed by atoms with van der Waals surface area (Å²) in [5, 5.41) is 0. The third kappa shape index (κ3) is 1.79. The van der Waals surface area contributed by atoms with Gasteiger partial charge in [-0.15, -0.1) is 0 Å². The Kier molecular flexibility index (Phi) is 2.70. The molecule has 1 atom stereocenters. The van der Waals surface area contributed by atoms with E-state index in [0.29, 0.717) is 5.92 Å². The van der Waals surface area contributed by atoms with Gasteiger partial charge in [0.2, 0.25) is 0 Å². The van der Waals surface area contributed by atoms with Gasteiger partial charge in [0.05, 0.1) is 0 Å². The highest BCUT2D eigenvalue weighted by Gasteiger charge is 2.18. The molecule has 1 aromatic carbocycles. The van der Waals surface area contributed by atoms with Gasteiger partial charge in [-0.05, 0) is 48.9 Å². The van der Waals surface area contributed by atoms with Crippen molar-refractivity contribution in [2.75, 3.05) is 6.54 Å². The van der Waals surface area contributed by atoms with Gasteiger partial charge in [-0.3, -0.25) is 0 Å². The summed E-state index contributed by atoms with van der Waals surface area (Å²) in [5.41, 5.74) is 8.67. The fraction of sp³-hybridized carbons (Fsp3) is 0.455. The first-order valence-corrected chi connectivity index (χ1v) is 5.57. The summed E-state index contributed by atoms with van der Waals surface area (Å²) in [7, 11) is 0. The fourth-order valence-corrected chi connectivity index (χ4v) is 2.59. The predicted octanol–water partition coefficient (Wildman–Crippen LogP) is 2.51. The average molecular weight is 240 g/mol. The van der Waals surface area contributed by atoms with Gasteiger partial charge in [-0.1, -0.05) is 28.1 Å². The molecule has 0 aliphatic heterocycles. The Morgan fingerprint density at radius 1 is 1.46 bits per heavy atom. The van der Waals surface area contributed by atoms with Crippen LogP contribution in [-0.4, -0.2) is 6.54 Å². The van der Waals surface area contributed by atoms with E-state index in [1.165, 1.54) is 28.4 Å². The van der Waals surface area contributed by atoms with Gasteiger partial charge in [-0.25, -0.2) is 0 Å². The van der Waals surface area contributed by atoms with Crippen molar-refractivity contribution in [3.63, 3.8) is 0 Å². The van der Waals surface area contributed by atoms with Crippen molar-refractivity contribution in [1.82, 2.24) is 0 Å². The zero-order valence-corrected chi connectivity index (χ0v) is 9.18. The number of fused-ring (bicyclic) bond motifs is 1. The van der Waals surface area contributed by atoms with E-state index in [1.807, 2.05) is 0 Å². The van der Waals surface area contributed by atoms with E-state index >= 15 is 0 Å². The Balaban J connectivity index is 2.32. The minimum atomic E-state index is 0.686. The van der Waals surface area contributed by atoms with Crippen LogP contribution in [0.1, 0.15) is 17.5 Å². The second kappa shape index (κ2) is 3.81. The molecule has 13 heavy (non-hydrogen) atoms. The average Bonchev–Trinajstić information content (AvgIpc) is 2.18. The summed E-state index contributed by atoms with van der Waals surface area (Å²) in [5.74, 6) is 0.686. The molecule has 0 saturated carbocycles. The Labute approximate surface area is 87.5 Å². The molecular weight excluding hydrogens is 226 g/mol. The van der Waals surface area contributed by atoms with Gasteiger partial charge in [0.25, 0.3) is 0 Å². The van der Waals surface area contributed by atoms with Crippen LogP contribution in [0, 0.1) is 5.92 Å². The highest BCUT2D eigenvalue weighted by atomic mass is 79.9. The first-order chi connectivity index (χ1) is 6.31. The summed E-state index contributed by atoms with van der Waals surface area (Å²) in [4.78, 5) is 0. The normalized spacial score (nSPS) is 21.2. The quantitative estimate of drug-likeness (QED) is 0.801. The Hall–Kier alpha value is -0.340. The predicted molar refractivity (Wildman–Crippen MR) is 58.7 cm³/mol. The maximum absolute atomic E-state index is 5.70. The fourth-order valence-electron chi connectivity index (χ4n) is 2.02. The molecule has 1 unspecified atom stereocenters.